The standard InChI is InChI=1S/C17H26O5/c1-13(20-12-15(3)22-16(4)18)10-19-14(2)11-21-17-8-6-5-7-9-17/h5-9,13-15H,10-12H2,1-4H3. The van der Waals surface area contributed by atoms with Crippen LogP contribution in [0.15, 0.2) is 30.3 Å². The van der Waals surface area contributed by atoms with Gasteiger partial charge in [-0.05, 0) is 32.9 Å². The van der Waals surface area contributed by atoms with Crippen molar-refractivity contribution in [1.29, 1.82) is 0 Å². The molecule has 0 amide bonds. The summed E-state index contributed by atoms with van der Waals surface area (Å²) in [7, 11) is 0. The van der Waals surface area contributed by atoms with Gasteiger partial charge in [-0.25, -0.2) is 0 Å². The first-order valence-corrected chi connectivity index (χ1v) is 7.55. The highest BCUT2D eigenvalue weighted by atomic mass is 16.6. The number of rotatable bonds is 10. The van der Waals surface area contributed by atoms with Gasteiger partial charge in [0, 0.05) is 6.92 Å². The number of para-hydroxylation sites is 1. The van der Waals surface area contributed by atoms with E-state index in [0.29, 0.717) is 19.8 Å². The minimum absolute atomic E-state index is 0.0304. The molecule has 0 radical (unpaired) electrons. The van der Waals surface area contributed by atoms with Crippen molar-refractivity contribution >= 4 is 5.97 Å². The van der Waals surface area contributed by atoms with Crippen LogP contribution in [-0.2, 0) is 19.0 Å². The zero-order chi connectivity index (χ0) is 16.4. The molecule has 1 aromatic rings. The van der Waals surface area contributed by atoms with Crippen molar-refractivity contribution in [2.24, 2.45) is 0 Å². The Morgan fingerprint density at radius 1 is 0.909 bits per heavy atom. The van der Waals surface area contributed by atoms with Gasteiger partial charge in [0.05, 0.1) is 25.4 Å². The number of carbonyl (C=O) groups excluding carboxylic acids is 1. The molecule has 0 saturated heterocycles. The fraction of sp³-hybridized carbons (Fsp3) is 0.588. The summed E-state index contributed by atoms with van der Waals surface area (Å²) in [5.41, 5.74) is 0. The van der Waals surface area contributed by atoms with Crippen LogP contribution in [0.3, 0.4) is 0 Å². The molecule has 0 aliphatic rings. The molecule has 3 atom stereocenters. The monoisotopic (exact) mass is 310 g/mol. The van der Waals surface area contributed by atoms with Crippen LogP contribution in [0.4, 0.5) is 0 Å². The molecule has 124 valence electrons. The van der Waals surface area contributed by atoms with Gasteiger partial charge in [-0.3, -0.25) is 4.79 Å². The second-order valence-electron chi connectivity index (χ2n) is 5.33. The van der Waals surface area contributed by atoms with Crippen molar-refractivity contribution < 1.29 is 23.7 Å². The summed E-state index contributed by atoms with van der Waals surface area (Å²) in [6, 6.07) is 9.63. The third-order valence-electron chi connectivity index (χ3n) is 2.83. The number of hydrogen-bond donors (Lipinski definition) is 0. The second kappa shape index (κ2) is 10.2. The van der Waals surface area contributed by atoms with Crippen LogP contribution >= 0.6 is 0 Å². The van der Waals surface area contributed by atoms with Crippen LogP contribution in [0.1, 0.15) is 27.7 Å². The van der Waals surface area contributed by atoms with Crippen molar-refractivity contribution in [3.63, 3.8) is 0 Å². The molecule has 1 rings (SSSR count). The Hall–Kier alpha value is -1.59. The van der Waals surface area contributed by atoms with E-state index in [0.717, 1.165) is 5.75 Å². The van der Waals surface area contributed by atoms with Crippen molar-refractivity contribution in [2.75, 3.05) is 19.8 Å². The topological polar surface area (TPSA) is 54.0 Å². The van der Waals surface area contributed by atoms with E-state index < -0.39 is 0 Å². The maximum absolute atomic E-state index is 10.8. The number of esters is 1. The highest BCUT2D eigenvalue weighted by molar-refractivity contribution is 5.66. The molecule has 5 heteroatoms. The molecule has 3 unspecified atom stereocenters. The van der Waals surface area contributed by atoms with Crippen LogP contribution in [0.5, 0.6) is 5.75 Å². The van der Waals surface area contributed by atoms with E-state index in [4.69, 9.17) is 18.9 Å². The average Bonchev–Trinajstić information content (AvgIpc) is 2.49. The van der Waals surface area contributed by atoms with Crippen molar-refractivity contribution in [3.05, 3.63) is 30.3 Å². The Bertz CT molecular complexity index is 420. The second-order valence-corrected chi connectivity index (χ2v) is 5.33. The maximum atomic E-state index is 10.8. The molecule has 0 bridgehead atoms. The van der Waals surface area contributed by atoms with Crippen molar-refractivity contribution in [2.45, 2.75) is 46.0 Å². The van der Waals surface area contributed by atoms with Crippen LogP contribution in [0, 0.1) is 0 Å². The predicted octanol–water partition coefficient (Wildman–Crippen LogP) is 2.83. The zero-order valence-electron chi connectivity index (χ0n) is 13.8. The summed E-state index contributed by atoms with van der Waals surface area (Å²) >= 11 is 0. The van der Waals surface area contributed by atoms with E-state index >= 15 is 0 Å². The molecule has 0 aliphatic heterocycles. The molecule has 0 heterocycles. The molecule has 22 heavy (non-hydrogen) atoms. The van der Waals surface area contributed by atoms with Crippen LogP contribution in [0.2, 0.25) is 0 Å². The fourth-order valence-corrected chi connectivity index (χ4v) is 1.74. The molecule has 1 aromatic carbocycles. The third kappa shape index (κ3) is 8.64. The normalized spacial score (nSPS) is 14.9. The van der Waals surface area contributed by atoms with E-state index in [1.807, 2.05) is 44.2 Å². The Morgan fingerprint density at radius 3 is 2.05 bits per heavy atom. The predicted molar refractivity (Wildman–Crippen MR) is 84.0 cm³/mol. The minimum atomic E-state index is -0.299. The van der Waals surface area contributed by atoms with Crippen molar-refractivity contribution in [1.82, 2.24) is 0 Å². The van der Waals surface area contributed by atoms with E-state index in [9.17, 15) is 4.79 Å². The van der Waals surface area contributed by atoms with E-state index in [1.54, 1.807) is 6.92 Å². The first kappa shape index (κ1) is 18.5. The SMILES string of the molecule is CC(=O)OC(C)COC(C)COC(C)COc1ccccc1. The lowest BCUT2D eigenvalue weighted by Gasteiger charge is -2.20. The van der Waals surface area contributed by atoms with E-state index in [-0.39, 0.29) is 24.3 Å². The summed E-state index contributed by atoms with van der Waals surface area (Å²) in [5.74, 6) is 0.532. The quantitative estimate of drug-likeness (QED) is 0.622. The first-order valence-electron chi connectivity index (χ1n) is 7.55. The summed E-state index contributed by atoms with van der Waals surface area (Å²) < 4.78 is 21.9. The first-order chi connectivity index (χ1) is 10.5. The average molecular weight is 310 g/mol. The highest BCUT2D eigenvalue weighted by Crippen LogP contribution is 2.09. The van der Waals surface area contributed by atoms with Gasteiger partial charge in [-0.2, -0.15) is 0 Å². The molecular formula is C17H26O5. The summed E-state index contributed by atoms with van der Waals surface area (Å²) in [6.45, 7) is 8.37. The van der Waals surface area contributed by atoms with Crippen molar-refractivity contribution in [3.8, 4) is 5.75 Å². The highest BCUT2D eigenvalue weighted by Gasteiger charge is 2.11. The Balaban J connectivity index is 2.12. The van der Waals surface area contributed by atoms with Crippen LogP contribution in [0.25, 0.3) is 0 Å². The molecular weight excluding hydrogens is 284 g/mol. The van der Waals surface area contributed by atoms with Gasteiger partial charge in [-0.15, -0.1) is 0 Å². The maximum Gasteiger partial charge on any atom is 0.302 e. The number of ether oxygens (including phenoxy) is 4. The van der Waals surface area contributed by atoms with Gasteiger partial charge in [0.2, 0.25) is 0 Å². The van der Waals surface area contributed by atoms with Gasteiger partial charge < -0.3 is 18.9 Å². The molecule has 0 saturated carbocycles. The molecule has 0 N–H and O–H groups in total. The van der Waals surface area contributed by atoms with Gasteiger partial charge in [-0.1, -0.05) is 18.2 Å². The lowest BCUT2D eigenvalue weighted by atomic mass is 10.3. The van der Waals surface area contributed by atoms with Gasteiger partial charge >= 0.3 is 5.97 Å². The van der Waals surface area contributed by atoms with E-state index in [1.165, 1.54) is 6.92 Å². The fourth-order valence-electron chi connectivity index (χ4n) is 1.74. The van der Waals surface area contributed by atoms with Crippen LogP contribution in [-0.4, -0.2) is 44.1 Å². The molecule has 5 nitrogen and oxygen atoms in total. The number of carbonyl (C=O) groups is 1. The van der Waals surface area contributed by atoms with Gasteiger partial charge in [0.25, 0.3) is 0 Å². The molecule has 0 fully saturated rings. The molecule has 0 aromatic heterocycles. The summed E-state index contributed by atoms with van der Waals surface area (Å²) in [5, 5.41) is 0. The van der Waals surface area contributed by atoms with Crippen LogP contribution < -0.4 is 4.74 Å². The van der Waals surface area contributed by atoms with Gasteiger partial charge in [0.1, 0.15) is 18.5 Å². The lowest BCUT2D eigenvalue weighted by molar-refractivity contribution is -0.150. The smallest absolute Gasteiger partial charge is 0.302 e. The van der Waals surface area contributed by atoms with Gasteiger partial charge in [0.15, 0.2) is 0 Å². The number of benzene rings is 1. The Kier molecular flexibility index (Phi) is 8.55. The molecule has 0 aliphatic carbocycles. The summed E-state index contributed by atoms with van der Waals surface area (Å²) in [4.78, 5) is 10.8. The Labute approximate surface area is 132 Å². The largest absolute Gasteiger partial charge is 0.491 e. The Morgan fingerprint density at radius 2 is 1.45 bits per heavy atom. The van der Waals surface area contributed by atoms with E-state index in [2.05, 4.69) is 0 Å². The lowest BCUT2D eigenvalue weighted by Crippen LogP contribution is -2.27. The minimum Gasteiger partial charge on any atom is -0.491 e. The zero-order valence-corrected chi connectivity index (χ0v) is 13.8. The third-order valence-corrected chi connectivity index (χ3v) is 2.83. The summed E-state index contributed by atoms with van der Waals surface area (Å²) in [6.07, 6.45) is -0.354. The number of hydrogen-bond acceptors (Lipinski definition) is 5. The molecule has 0 spiro atoms.